The molecule has 1 aliphatic rings. The van der Waals surface area contributed by atoms with Crippen LogP contribution in [0, 0.1) is 5.41 Å². The zero-order chi connectivity index (χ0) is 22.7. The van der Waals surface area contributed by atoms with Crippen LogP contribution in [0.4, 0.5) is 0 Å². The second kappa shape index (κ2) is 9.28. The zero-order valence-corrected chi connectivity index (χ0v) is 18.0. The Kier molecular flexibility index (Phi) is 6.28. The standard InChI is InChI=1S/C27H25NO4/c1-3-18(27(30)32-26(29)17(2)11-12-22-16-31-22)13-20-8-6-9-21-14-19-7-4-5-10-23(19)24(15-28)25(20)21/h4-10,13-15,22,28H,2-3,11-12,16H2,1H3. The Hall–Kier alpha value is -3.57. The van der Waals surface area contributed by atoms with E-state index in [-0.39, 0.29) is 11.7 Å². The van der Waals surface area contributed by atoms with Gasteiger partial charge in [-0.3, -0.25) is 0 Å². The molecule has 5 nitrogen and oxygen atoms in total. The molecule has 1 saturated heterocycles. The minimum absolute atomic E-state index is 0.187. The molecule has 0 amide bonds. The van der Waals surface area contributed by atoms with E-state index < -0.39 is 11.9 Å². The summed E-state index contributed by atoms with van der Waals surface area (Å²) in [5.74, 6) is -1.37. The van der Waals surface area contributed by atoms with Crippen molar-refractivity contribution in [1.82, 2.24) is 0 Å². The summed E-state index contributed by atoms with van der Waals surface area (Å²) < 4.78 is 10.2. The van der Waals surface area contributed by atoms with E-state index in [1.807, 2.05) is 49.4 Å². The highest BCUT2D eigenvalue weighted by molar-refractivity contribution is 6.15. The van der Waals surface area contributed by atoms with Gasteiger partial charge in [0.2, 0.25) is 0 Å². The van der Waals surface area contributed by atoms with Gasteiger partial charge in [0.25, 0.3) is 0 Å². The molecule has 4 rings (SSSR count). The smallest absolute Gasteiger partial charge is 0.341 e. The van der Waals surface area contributed by atoms with Crippen LogP contribution in [-0.2, 0) is 19.1 Å². The number of fused-ring (bicyclic) bond motifs is 2. The predicted octanol–water partition coefficient (Wildman–Crippen LogP) is 5.59. The second-order valence-corrected chi connectivity index (χ2v) is 7.90. The van der Waals surface area contributed by atoms with Crippen LogP contribution in [0.5, 0.6) is 0 Å². The lowest BCUT2D eigenvalue weighted by Crippen LogP contribution is -2.16. The third-order valence-corrected chi connectivity index (χ3v) is 5.72. The van der Waals surface area contributed by atoms with Gasteiger partial charge in [-0.15, -0.1) is 0 Å². The van der Waals surface area contributed by atoms with Crippen molar-refractivity contribution in [2.75, 3.05) is 6.61 Å². The number of ether oxygens (including phenoxy) is 2. The Bertz CT molecular complexity index is 1270. The highest BCUT2D eigenvalue weighted by Crippen LogP contribution is 2.31. The number of hydrogen-bond donors (Lipinski definition) is 1. The van der Waals surface area contributed by atoms with Crippen molar-refractivity contribution in [2.45, 2.75) is 32.3 Å². The minimum Gasteiger partial charge on any atom is -0.386 e. The quantitative estimate of drug-likeness (QED) is 0.127. The zero-order valence-electron chi connectivity index (χ0n) is 18.0. The van der Waals surface area contributed by atoms with Gasteiger partial charge < -0.3 is 14.9 Å². The first-order valence-corrected chi connectivity index (χ1v) is 10.7. The first-order chi connectivity index (χ1) is 15.5. The summed E-state index contributed by atoms with van der Waals surface area (Å²) in [4.78, 5) is 25.0. The third kappa shape index (κ3) is 4.53. The number of hydrogen-bond acceptors (Lipinski definition) is 5. The van der Waals surface area contributed by atoms with E-state index in [1.54, 1.807) is 6.08 Å². The molecule has 0 aromatic heterocycles. The van der Waals surface area contributed by atoms with E-state index in [1.165, 1.54) is 6.21 Å². The Morgan fingerprint density at radius 2 is 1.91 bits per heavy atom. The van der Waals surface area contributed by atoms with Gasteiger partial charge in [-0.05, 0) is 58.5 Å². The van der Waals surface area contributed by atoms with Gasteiger partial charge in [-0.1, -0.05) is 56.0 Å². The van der Waals surface area contributed by atoms with Crippen molar-refractivity contribution in [2.24, 2.45) is 0 Å². The highest BCUT2D eigenvalue weighted by Gasteiger charge is 2.24. The molecule has 1 aliphatic heterocycles. The van der Waals surface area contributed by atoms with Crippen molar-refractivity contribution < 1.29 is 19.1 Å². The van der Waals surface area contributed by atoms with E-state index in [2.05, 4.69) is 12.6 Å². The Morgan fingerprint density at radius 3 is 2.62 bits per heavy atom. The maximum absolute atomic E-state index is 12.7. The lowest BCUT2D eigenvalue weighted by Gasteiger charge is -2.12. The molecule has 0 bridgehead atoms. The van der Waals surface area contributed by atoms with Gasteiger partial charge in [0.05, 0.1) is 12.7 Å². The molecule has 0 radical (unpaired) electrons. The predicted molar refractivity (Wildman–Crippen MR) is 127 cm³/mol. The maximum atomic E-state index is 12.7. The summed E-state index contributed by atoms with van der Waals surface area (Å²) in [7, 11) is 0. The normalized spacial score (nSPS) is 15.5. The largest absolute Gasteiger partial charge is 0.386 e. The van der Waals surface area contributed by atoms with E-state index in [9.17, 15) is 9.59 Å². The molecule has 1 unspecified atom stereocenters. The molecule has 32 heavy (non-hydrogen) atoms. The van der Waals surface area contributed by atoms with Crippen LogP contribution in [0.25, 0.3) is 27.6 Å². The fourth-order valence-corrected chi connectivity index (χ4v) is 3.85. The highest BCUT2D eigenvalue weighted by atomic mass is 16.6. The number of carbonyl (C=O) groups is 2. The SMILES string of the molecule is C=C(CCC1CO1)C(=O)OC(=O)C(=Cc1cccc2cc3ccccc3c(C=N)c12)CC. The number of benzene rings is 3. The molecule has 0 saturated carbocycles. The van der Waals surface area contributed by atoms with Gasteiger partial charge in [0.15, 0.2) is 0 Å². The van der Waals surface area contributed by atoms with Gasteiger partial charge in [-0.25, -0.2) is 9.59 Å². The molecule has 1 N–H and O–H groups in total. The summed E-state index contributed by atoms with van der Waals surface area (Å²) in [6, 6.07) is 15.8. The van der Waals surface area contributed by atoms with Gasteiger partial charge in [0.1, 0.15) is 0 Å². The van der Waals surface area contributed by atoms with Crippen molar-refractivity contribution in [3.05, 3.63) is 77.4 Å². The van der Waals surface area contributed by atoms with Crippen LogP contribution in [0.1, 0.15) is 37.3 Å². The fraction of sp³-hybridized carbons (Fsp3) is 0.222. The maximum Gasteiger partial charge on any atom is 0.341 e. The molecule has 0 aliphatic carbocycles. The van der Waals surface area contributed by atoms with E-state index >= 15 is 0 Å². The lowest BCUT2D eigenvalue weighted by molar-refractivity contribution is -0.154. The van der Waals surface area contributed by atoms with Gasteiger partial charge in [-0.2, -0.15) is 0 Å². The Labute approximate surface area is 186 Å². The van der Waals surface area contributed by atoms with Crippen LogP contribution in [0.15, 0.2) is 66.3 Å². The summed E-state index contributed by atoms with van der Waals surface area (Å²) in [5, 5.41) is 11.9. The molecule has 1 atom stereocenters. The van der Waals surface area contributed by atoms with Gasteiger partial charge >= 0.3 is 11.9 Å². The number of nitrogens with one attached hydrogen (secondary N) is 1. The molecular formula is C27H25NO4. The average molecular weight is 428 g/mol. The van der Waals surface area contributed by atoms with Crippen LogP contribution in [0.3, 0.4) is 0 Å². The van der Waals surface area contributed by atoms with Crippen LogP contribution in [0.2, 0.25) is 0 Å². The Morgan fingerprint density at radius 1 is 1.16 bits per heavy atom. The van der Waals surface area contributed by atoms with Gasteiger partial charge in [0, 0.05) is 22.9 Å². The molecular weight excluding hydrogens is 402 g/mol. The van der Waals surface area contributed by atoms with Crippen molar-refractivity contribution in [3.63, 3.8) is 0 Å². The van der Waals surface area contributed by atoms with Crippen LogP contribution >= 0.6 is 0 Å². The summed E-state index contributed by atoms with van der Waals surface area (Å²) in [5.41, 5.74) is 2.25. The summed E-state index contributed by atoms with van der Waals surface area (Å²) in [6.07, 6.45) is 4.84. The second-order valence-electron chi connectivity index (χ2n) is 7.90. The molecule has 5 heteroatoms. The third-order valence-electron chi connectivity index (χ3n) is 5.72. The monoisotopic (exact) mass is 427 g/mol. The van der Waals surface area contributed by atoms with Crippen molar-refractivity contribution in [3.8, 4) is 0 Å². The molecule has 3 aromatic carbocycles. The van der Waals surface area contributed by atoms with E-state index in [0.29, 0.717) is 31.4 Å². The van der Waals surface area contributed by atoms with E-state index in [0.717, 1.165) is 32.7 Å². The Balaban J connectivity index is 1.66. The van der Waals surface area contributed by atoms with Crippen molar-refractivity contribution >= 4 is 45.8 Å². The number of esters is 2. The van der Waals surface area contributed by atoms with Crippen LogP contribution in [-0.4, -0.2) is 30.9 Å². The van der Waals surface area contributed by atoms with Crippen molar-refractivity contribution in [1.29, 1.82) is 5.41 Å². The first-order valence-electron chi connectivity index (χ1n) is 10.7. The first kappa shape index (κ1) is 21.7. The molecule has 0 spiro atoms. The number of carbonyl (C=O) groups excluding carboxylic acids is 2. The lowest BCUT2D eigenvalue weighted by atomic mass is 9.93. The molecule has 162 valence electrons. The number of rotatable bonds is 8. The molecule has 1 fully saturated rings. The topological polar surface area (TPSA) is 79.8 Å². The fourth-order valence-electron chi connectivity index (χ4n) is 3.85. The summed E-state index contributed by atoms with van der Waals surface area (Å²) in [6.45, 7) is 6.29. The molecule has 1 heterocycles. The number of epoxide rings is 1. The summed E-state index contributed by atoms with van der Waals surface area (Å²) >= 11 is 0. The van der Waals surface area contributed by atoms with Crippen LogP contribution < -0.4 is 0 Å². The average Bonchev–Trinajstić information content (AvgIpc) is 3.63. The van der Waals surface area contributed by atoms with E-state index in [4.69, 9.17) is 14.9 Å². The molecule has 3 aromatic rings. The minimum atomic E-state index is -0.695.